The highest BCUT2D eigenvalue weighted by Gasteiger charge is 2.41. The van der Waals surface area contributed by atoms with Gasteiger partial charge in [0, 0.05) is 30.3 Å². The number of fused-ring (bicyclic) bond motifs is 1. The van der Waals surface area contributed by atoms with Crippen molar-refractivity contribution in [3.05, 3.63) is 29.1 Å². The minimum atomic E-state index is 0.630. The second kappa shape index (κ2) is 5.24. The van der Waals surface area contributed by atoms with E-state index in [2.05, 4.69) is 27.3 Å². The summed E-state index contributed by atoms with van der Waals surface area (Å²) >= 11 is 0. The van der Waals surface area contributed by atoms with Gasteiger partial charge in [0.25, 0.3) is 0 Å². The number of nitriles is 1. The Morgan fingerprint density at radius 2 is 2.00 bits per heavy atom. The van der Waals surface area contributed by atoms with Gasteiger partial charge in [0.05, 0.1) is 35.8 Å². The van der Waals surface area contributed by atoms with Crippen LogP contribution in [0.1, 0.15) is 62.1 Å². The van der Waals surface area contributed by atoms with Crippen molar-refractivity contribution >= 4 is 11.4 Å². The van der Waals surface area contributed by atoms with E-state index < -0.39 is 0 Å². The van der Waals surface area contributed by atoms with Crippen molar-refractivity contribution < 1.29 is 0 Å². The van der Waals surface area contributed by atoms with Crippen LogP contribution in [0.25, 0.3) is 5.70 Å². The van der Waals surface area contributed by atoms with Crippen LogP contribution >= 0.6 is 0 Å². The molecule has 1 aromatic heterocycles. The molecule has 1 saturated heterocycles. The predicted octanol–water partition coefficient (Wildman–Crippen LogP) is 3.89. The van der Waals surface area contributed by atoms with Crippen molar-refractivity contribution in [2.24, 2.45) is 5.41 Å². The van der Waals surface area contributed by atoms with E-state index in [1.54, 1.807) is 0 Å². The molecule has 2 saturated carbocycles. The van der Waals surface area contributed by atoms with Crippen LogP contribution in [-0.2, 0) is 0 Å². The summed E-state index contributed by atoms with van der Waals surface area (Å²) in [7, 11) is 0. The molecule has 24 heavy (non-hydrogen) atoms. The molecule has 0 unspecified atom stereocenters. The number of likely N-dealkylation sites (tertiary alicyclic amines) is 1. The smallest absolute Gasteiger partial charge is 0.0988 e. The minimum Gasteiger partial charge on any atom is -0.378 e. The normalized spacial score (nSPS) is 24.9. The molecule has 0 radical (unpaired) electrons. The zero-order valence-electron chi connectivity index (χ0n) is 14.1. The summed E-state index contributed by atoms with van der Waals surface area (Å²) in [6.07, 6.45) is 11.3. The van der Waals surface area contributed by atoms with Crippen LogP contribution in [0.15, 0.2) is 17.8 Å². The fourth-order valence-corrected chi connectivity index (χ4v) is 4.68. The van der Waals surface area contributed by atoms with E-state index in [1.165, 1.54) is 61.9 Å². The van der Waals surface area contributed by atoms with E-state index in [-0.39, 0.29) is 0 Å². The molecule has 4 aliphatic rings. The van der Waals surface area contributed by atoms with Crippen LogP contribution in [0.5, 0.6) is 0 Å². The Kier molecular flexibility index (Phi) is 3.13. The molecule has 0 bridgehead atoms. The number of hydrogen-bond acceptors (Lipinski definition) is 4. The summed E-state index contributed by atoms with van der Waals surface area (Å²) < 4.78 is 0. The van der Waals surface area contributed by atoms with E-state index in [0.29, 0.717) is 17.9 Å². The summed E-state index contributed by atoms with van der Waals surface area (Å²) in [5.41, 5.74) is 6.22. The standard InChI is InChI=1S/C20H24N4/c21-11-15-12-22-18-13-23-17(14-2-3-14)10-16(18)19(15)24-8-6-20(7-9-24)4-1-5-20/h10,13-14,22H,1-9,12H2. The van der Waals surface area contributed by atoms with Gasteiger partial charge < -0.3 is 10.2 Å². The van der Waals surface area contributed by atoms with Gasteiger partial charge in [-0.2, -0.15) is 5.26 Å². The van der Waals surface area contributed by atoms with Crippen LogP contribution in [0.3, 0.4) is 0 Å². The molecule has 1 N–H and O–H groups in total. The van der Waals surface area contributed by atoms with Crippen LogP contribution in [0.2, 0.25) is 0 Å². The van der Waals surface area contributed by atoms with Crippen molar-refractivity contribution in [3.63, 3.8) is 0 Å². The molecule has 5 rings (SSSR count). The molecule has 4 nitrogen and oxygen atoms in total. The van der Waals surface area contributed by atoms with E-state index in [1.807, 2.05) is 6.20 Å². The number of rotatable bonds is 2. The molecule has 4 heteroatoms. The summed E-state index contributed by atoms with van der Waals surface area (Å²) in [6, 6.07) is 4.71. The number of aromatic nitrogens is 1. The SMILES string of the molecule is N#CC1=C(N2CCC3(CCC3)CC2)c2cc(C3CC3)ncc2NC1. The summed E-state index contributed by atoms with van der Waals surface area (Å²) in [4.78, 5) is 7.13. The minimum absolute atomic E-state index is 0.630. The molecule has 2 aliphatic heterocycles. The Labute approximate surface area is 143 Å². The van der Waals surface area contributed by atoms with Gasteiger partial charge >= 0.3 is 0 Å². The highest BCUT2D eigenvalue weighted by Crippen LogP contribution is 2.50. The molecule has 1 spiro atoms. The van der Waals surface area contributed by atoms with E-state index in [0.717, 1.165) is 24.4 Å². The van der Waals surface area contributed by atoms with Crippen LogP contribution < -0.4 is 5.32 Å². The molecule has 2 aliphatic carbocycles. The summed E-state index contributed by atoms with van der Waals surface area (Å²) in [5.74, 6) is 0.642. The molecule has 0 aromatic carbocycles. The zero-order chi connectivity index (χ0) is 16.1. The first-order valence-electron chi connectivity index (χ1n) is 9.40. The van der Waals surface area contributed by atoms with E-state index in [4.69, 9.17) is 0 Å². The fraction of sp³-hybridized carbons (Fsp3) is 0.600. The van der Waals surface area contributed by atoms with Crippen molar-refractivity contribution in [1.29, 1.82) is 5.26 Å². The third-order valence-electron chi connectivity index (χ3n) is 6.61. The second-order valence-electron chi connectivity index (χ2n) is 8.06. The van der Waals surface area contributed by atoms with Gasteiger partial charge in [0.2, 0.25) is 0 Å². The maximum atomic E-state index is 9.68. The third-order valence-corrected chi connectivity index (χ3v) is 6.61. The number of pyridine rings is 1. The van der Waals surface area contributed by atoms with Gasteiger partial charge in [-0.25, -0.2) is 0 Å². The van der Waals surface area contributed by atoms with Crippen LogP contribution in [0.4, 0.5) is 5.69 Å². The fourth-order valence-electron chi connectivity index (χ4n) is 4.68. The largest absolute Gasteiger partial charge is 0.378 e. The Balaban J connectivity index is 1.50. The first-order valence-corrected chi connectivity index (χ1v) is 9.40. The molecule has 124 valence electrons. The number of nitrogens with one attached hydrogen (secondary N) is 1. The first kappa shape index (κ1) is 14.3. The number of nitrogens with zero attached hydrogens (tertiary/aromatic N) is 3. The predicted molar refractivity (Wildman–Crippen MR) is 94.3 cm³/mol. The maximum Gasteiger partial charge on any atom is 0.0988 e. The Morgan fingerprint density at radius 1 is 1.21 bits per heavy atom. The van der Waals surface area contributed by atoms with Crippen molar-refractivity contribution in [2.75, 3.05) is 25.0 Å². The van der Waals surface area contributed by atoms with Crippen LogP contribution in [0, 0.1) is 16.7 Å². The molecule has 3 heterocycles. The average molecular weight is 320 g/mol. The van der Waals surface area contributed by atoms with Gasteiger partial charge in [-0.15, -0.1) is 0 Å². The van der Waals surface area contributed by atoms with E-state index >= 15 is 0 Å². The van der Waals surface area contributed by atoms with Gasteiger partial charge in [-0.1, -0.05) is 6.42 Å². The van der Waals surface area contributed by atoms with Gasteiger partial charge in [0.15, 0.2) is 0 Å². The van der Waals surface area contributed by atoms with Crippen LogP contribution in [-0.4, -0.2) is 29.5 Å². The highest BCUT2D eigenvalue weighted by atomic mass is 15.2. The quantitative estimate of drug-likeness (QED) is 0.898. The lowest BCUT2D eigenvalue weighted by molar-refractivity contribution is 0.0538. The molecule has 1 aromatic rings. The molecular weight excluding hydrogens is 296 g/mol. The van der Waals surface area contributed by atoms with E-state index in [9.17, 15) is 5.26 Å². The summed E-state index contributed by atoms with van der Waals surface area (Å²) in [5, 5.41) is 13.1. The van der Waals surface area contributed by atoms with Crippen molar-refractivity contribution in [2.45, 2.75) is 50.9 Å². The monoisotopic (exact) mass is 320 g/mol. The third kappa shape index (κ3) is 2.22. The molecule has 0 atom stereocenters. The number of hydrogen-bond donors (Lipinski definition) is 1. The highest BCUT2D eigenvalue weighted by molar-refractivity contribution is 5.82. The first-order chi connectivity index (χ1) is 11.8. The lowest BCUT2D eigenvalue weighted by Gasteiger charge is -2.49. The maximum absolute atomic E-state index is 9.68. The second-order valence-corrected chi connectivity index (χ2v) is 8.06. The van der Waals surface area contributed by atoms with Gasteiger partial charge in [-0.3, -0.25) is 4.98 Å². The van der Waals surface area contributed by atoms with Crippen molar-refractivity contribution in [3.8, 4) is 6.07 Å². The Morgan fingerprint density at radius 3 is 2.62 bits per heavy atom. The van der Waals surface area contributed by atoms with Gasteiger partial charge in [0.1, 0.15) is 0 Å². The zero-order valence-corrected chi connectivity index (χ0v) is 14.1. The number of piperidine rings is 1. The Bertz CT molecular complexity index is 739. The van der Waals surface area contributed by atoms with Gasteiger partial charge in [-0.05, 0) is 50.0 Å². The lowest BCUT2D eigenvalue weighted by Crippen LogP contribution is -2.43. The molecule has 3 fully saturated rings. The average Bonchev–Trinajstić information content (AvgIpc) is 3.44. The topological polar surface area (TPSA) is 52.0 Å². The molecule has 0 amide bonds. The van der Waals surface area contributed by atoms with Crippen molar-refractivity contribution in [1.82, 2.24) is 9.88 Å². The Hall–Kier alpha value is -2.02. The summed E-state index contributed by atoms with van der Waals surface area (Å²) in [6.45, 7) is 2.83. The number of anilines is 1. The molecular formula is C20H24N4. The lowest BCUT2D eigenvalue weighted by atomic mass is 9.63.